The minimum Gasteiger partial charge on any atom is -0.339 e. The predicted molar refractivity (Wildman–Crippen MR) is 68.4 cm³/mol. The molecule has 88 valence electrons. The van der Waals surface area contributed by atoms with E-state index in [9.17, 15) is 9.59 Å². The summed E-state index contributed by atoms with van der Waals surface area (Å²) < 4.78 is 1.86. The van der Waals surface area contributed by atoms with Gasteiger partial charge in [0, 0.05) is 17.1 Å². The molecular formula is C14H15NO2. The van der Waals surface area contributed by atoms with Crippen LogP contribution in [0.1, 0.15) is 18.1 Å². The molecule has 0 saturated carbocycles. The van der Waals surface area contributed by atoms with Crippen LogP contribution in [0.4, 0.5) is 0 Å². The van der Waals surface area contributed by atoms with E-state index in [1.165, 1.54) is 0 Å². The quantitative estimate of drug-likeness (QED) is 0.792. The first-order valence-electron chi connectivity index (χ1n) is 5.59. The van der Waals surface area contributed by atoms with E-state index in [-0.39, 0.29) is 11.2 Å². The van der Waals surface area contributed by atoms with Gasteiger partial charge in [0.05, 0.1) is 12.1 Å². The Balaban J connectivity index is 2.88. The highest BCUT2D eigenvalue weighted by atomic mass is 16.1. The summed E-state index contributed by atoms with van der Waals surface area (Å²) in [5.74, 6) is 0.0811. The molecule has 0 aliphatic heterocycles. The first kappa shape index (κ1) is 11.6. The Morgan fingerprint density at radius 3 is 2.59 bits per heavy atom. The maximum absolute atomic E-state index is 12.0. The molecule has 0 amide bonds. The van der Waals surface area contributed by atoms with E-state index in [1.807, 2.05) is 29.7 Å². The van der Waals surface area contributed by atoms with Crippen LogP contribution in [0.25, 0.3) is 10.9 Å². The van der Waals surface area contributed by atoms with Gasteiger partial charge in [-0.3, -0.25) is 9.59 Å². The van der Waals surface area contributed by atoms with Crippen LogP contribution in [0, 0.1) is 13.8 Å². The van der Waals surface area contributed by atoms with E-state index in [4.69, 9.17) is 0 Å². The molecule has 0 radical (unpaired) electrons. The van der Waals surface area contributed by atoms with Crippen molar-refractivity contribution in [3.05, 3.63) is 45.7 Å². The van der Waals surface area contributed by atoms with Gasteiger partial charge in [-0.25, -0.2) is 0 Å². The van der Waals surface area contributed by atoms with Crippen molar-refractivity contribution in [1.29, 1.82) is 0 Å². The van der Waals surface area contributed by atoms with Crippen LogP contribution in [0.15, 0.2) is 29.2 Å². The zero-order valence-corrected chi connectivity index (χ0v) is 10.3. The van der Waals surface area contributed by atoms with Crippen molar-refractivity contribution in [2.24, 2.45) is 0 Å². The van der Waals surface area contributed by atoms with Crippen LogP contribution in [-0.2, 0) is 11.3 Å². The fourth-order valence-electron chi connectivity index (χ4n) is 2.16. The third-order valence-corrected chi connectivity index (χ3v) is 2.87. The number of ketones is 1. The lowest BCUT2D eigenvalue weighted by molar-refractivity contribution is -0.117. The average molecular weight is 229 g/mol. The van der Waals surface area contributed by atoms with Crippen molar-refractivity contribution in [1.82, 2.24) is 4.57 Å². The summed E-state index contributed by atoms with van der Waals surface area (Å²) in [4.78, 5) is 23.3. The lowest BCUT2D eigenvalue weighted by Gasteiger charge is -2.12. The molecule has 3 heteroatoms. The van der Waals surface area contributed by atoms with Gasteiger partial charge in [0.25, 0.3) is 0 Å². The number of hydrogen-bond donors (Lipinski definition) is 0. The van der Waals surface area contributed by atoms with E-state index in [0.717, 1.165) is 11.1 Å². The Hall–Kier alpha value is -1.90. The smallest absolute Gasteiger partial charge is 0.192 e. The highest BCUT2D eigenvalue weighted by Gasteiger charge is 2.09. The number of para-hydroxylation sites is 1. The molecule has 1 heterocycles. The van der Waals surface area contributed by atoms with Crippen LogP contribution >= 0.6 is 0 Å². The number of nitrogens with zero attached hydrogens (tertiary/aromatic N) is 1. The van der Waals surface area contributed by atoms with Crippen LogP contribution in [0.2, 0.25) is 0 Å². The van der Waals surface area contributed by atoms with Crippen molar-refractivity contribution >= 4 is 16.7 Å². The number of Topliss-reactive ketones (excluding diaryl/α,β-unsaturated/α-hetero) is 1. The summed E-state index contributed by atoms with van der Waals surface area (Å²) in [5.41, 5.74) is 2.59. The van der Waals surface area contributed by atoms with Crippen molar-refractivity contribution < 1.29 is 4.79 Å². The van der Waals surface area contributed by atoms with E-state index in [0.29, 0.717) is 17.5 Å². The van der Waals surface area contributed by atoms with Gasteiger partial charge >= 0.3 is 0 Å². The van der Waals surface area contributed by atoms with Crippen molar-refractivity contribution in [3.8, 4) is 0 Å². The van der Waals surface area contributed by atoms with Crippen LogP contribution in [-0.4, -0.2) is 10.4 Å². The molecule has 0 unspecified atom stereocenters. The summed E-state index contributed by atoms with van der Waals surface area (Å²) in [5, 5.41) is 0.686. The molecule has 0 aliphatic rings. The summed E-state index contributed by atoms with van der Waals surface area (Å²) in [6, 6.07) is 5.64. The van der Waals surface area contributed by atoms with Crippen molar-refractivity contribution in [2.45, 2.75) is 27.3 Å². The number of pyridine rings is 1. The third-order valence-electron chi connectivity index (χ3n) is 2.87. The molecular weight excluding hydrogens is 214 g/mol. The van der Waals surface area contributed by atoms with E-state index in [1.54, 1.807) is 20.0 Å². The van der Waals surface area contributed by atoms with E-state index >= 15 is 0 Å². The number of carbonyl (C=O) groups excluding carboxylic acids is 1. The topological polar surface area (TPSA) is 39.1 Å². The van der Waals surface area contributed by atoms with Crippen LogP contribution in [0.5, 0.6) is 0 Å². The molecule has 0 N–H and O–H groups in total. The molecule has 3 nitrogen and oxygen atoms in total. The van der Waals surface area contributed by atoms with Gasteiger partial charge in [-0.2, -0.15) is 0 Å². The Labute approximate surface area is 99.7 Å². The lowest BCUT2D eigenvalue weighted by atomic mass is 10.1. The second-order valence-corrected chi connectivity index (χ2v) is 4.44. The van der Waals surface area contributed by atoms with Crippen molar-refractivity contribution in [3.63, 3.8) is 0 Å². The number of aryl methyl sites for hydroxylation is 2. The monoisotopic (exact) mass is 229 g/mol. The predicted octanol–water partition coefficient (Wildman–Crippen LogP) is 2.21. The van der Waals surface area contributed by atoms with E-state index < -0.39 is 0 Å². The molecule has 2 aromatic rings. The molecule has 1 aromatic carbocycles. The number of aromatic nitrogens is 1. The number of carbonyl (C=O) groups is 1. The highest BCUT2D eigenvalue weighted by molar-refractivity contribution is 5.84. The third kappa shape index (κ3) is 2.00. The van der Waals surface area contributed by atoms with Crippen molar-refractivity contribution in [2.75, 3.05) is 0 Å². The number of benzene rings is 1. The second kappa shape index (κ2) is 4.17. The van der Waals surface area contributed by atoms with Gasteiger partial charge in [-0.05, 0) is 32.4 Å². The summed E-state index contributed by atoms with van der Waals surface area (Å²) in [7, 11) is 0. The molecule has 1 aromatic heterocycles. The van der Waals surface area contributed by atoms with Gasteiger partial charge in [-0.1, -0.05) is 12.1 Å². The zero-order valence-electron chi connectivity index (χ0n) is 10.3. The van der Waals surface area contributed by atoms with Gasteiger partial charge < -0.3 is 4.57 Å². The maximum atomic E-state index is 12.0. The largest absolute Gasteiger partial charge is 0.339 e. The summed E-state index contributed by atoms with van der Waals surface area (Å²) in [6.07, 6.45) is 1.76. The summed E-state index contributed by atoms with van der Waals surface area (Å²) in [6.45, 7) is 5.59. The molecule has 0 bridgehead atoms. The van der Waals surface area contributed by atoms with E-state index in [2.05, 4.69) is 0 Å². The maximum Gasteiger partial charge on any atom is 0.192 e. The first-order valence-corrected chi connectivity index (χ1v) is 5.59. The Morgan fingerprint density at radius 2 is 1.94 bits per heavy atom. The molecule has 2 rings (SSSR count). The minimum absolute atomic E-state index is 0.0449. The zero-order chi connectivity index (χ0) is 12.6. The second-order valence-electron chi connectivity index (χ2n) is 4.44. The van der Waals surface area contributed by atoms with Gasteiger partial charge in [0.15, 0.2) is 5.43 Å². The molecule has 0 spiro atoms. The normalized spacial score (nSPS) is 10.8. The lowest BCUT2D eigenvalue weighted by Crippen LogP contribution is -2.15. The molecule has 0 aliphatic carbocycles. The molecule has 0 atom stereocenters. The molecule has 0 saturated heterocycles. The molecule has 17 heavy (non-hydrogen) atoms. The molecule has 0 fully saturated rings. The SMILES string of the molecule is CC(=O)Cn1cc(C)c(=O)c2cccc(C)c21. The Kier molecular flexibility index (Phi) is 2.84. The standard InChI is InChI=1S/C14H15NO2/c1-9-5-4-6-12-13(9)15(8-11(3)16)7-10(2)14(12)17/h4-7H,8H2,1-3H3. The fraction of sp³-hybridized carbons (Fsp3) is 0.286. The Bertz CT molecular complexity index is 653. The summed E-state index contributed by atoms with van der Waals surface area (Å²) >= 11 is 0. The number of fused-ring (bicyclic) bond motifs is 1. The highest BCUT2D eigenvalue weighted by Crippen LogP contribution is 2.16. The minimum atomic E-state index is 0.0449. The first-order chi connectivity index (χ1) is 8.00. The number of hydrogen-bond acceptors (Lipinski definition) is 2. The van der Waals surface area contributed by atoms with Crippen LogP contribution < -0.4 is 5.43 Å². The van der Waals surface area contributed by atoms with Gasteiger partial charge in [0.2, 0.25) is 0 Å². The number of rotatable bonds is 2. The Morgan fingerprint density at radius 1 is 1.24 bits per heavy atom. The fourth-order valence-corrected chi connectivity index (χ4v) is 2.16. The van der Waals surface area contributed by atoms with Crippen LogP contribution in [0.3, 0.4) is 0 Å². The van der Waals surface area contributed by atoms with Gasteiger partial charge in [-0.15, -0.1) is 0 Å². The van der Waals surface area contributed by atoms with Gasteiger partial charge in [0.1, 0.15) is 5.78 Å². The average Bonchev–Trinajstić information content (AvgIpc) is 2.24.